The van der Waals surface area contributed by atoms with Gasteiger partial charge in [-0.25, -0.2) is 35.1 Å². The summed E-state index contributed by atoms with van der Waals surface area (Å²) in [5.41, 5.74) is 3.38. The fourth-order valence-electron chi connectivity index (χ4n) is 17.7. The molecule has 7 fully saturated rings. The number of carbonyl (C=O) groups excluding carboxylic acids is 7. The molecule has 7 aliphatic rings. The average Bonchev–Trinajstić information content (AvgIpc) is 1.47. The molecule has 1 N–H and O–H groups in total. The van der Waals surface area contributed by atoms with Gasteiger partial charge in [-0.15, -0.1) is 0 Å². The second-order valence-electron chi connectivity index (χ2n) is 33.2. The molecule has 3 aliphatic carbocycles. The molecule has 654 valence electrons. The van der Waals surface area contributed by atoms with Crippen LogP contribution in [0.4, 0.5) is 35.1 Å². The van der Waals surface area contributed by atoms with Crippen molar-refractivity contribution in [2.45, 2.75) is 139 Å². The van der Waals surface area contributed by atoms with Crippen molar-refractivity contribution in [2.75, 3.05) is 80.8 Å². The highest BCUT2D eigenvalue weighted by atomic mass is 35.5. The summed E-state index contributed by atoms with van der Waals surface area (Å²) in [6.45, 7) is 3.53. The van der Waals surface area contributed by atoms with Crippen LogP contribution in [-0.4, -0.2) is 136 Å². The Kier molecular flexibility index (Phi) is 32.4. The molecule has 8 aromatic carbocycles. The molecule has 4 aliphatic heterocycles. The van der Waals surface area contributed by atoms with E-state index in [4.69, 9.17) is 65.4 Å². The molecule has 15 nitrogen and oxygen atoms in total. The fourth-order valence-corrected chi connectivity index (χ4v) is 18.2. The normalized spacial score (nSPS) is 20.6. The first-order valence-electron chi connectivity index (χ1n) is 41.8. The van der Waals surface area contributed by atoms with Crippen molar-refractivity contribution in [2.24, 2.45) is 41.4 Å². The first-order chi connectivity index (χ1) is 59.0. The quantitative estimate of drug-likeness (QED) is 0.0483. The molecule has 27 heteroatoms. The summed E-state index contributed by atoms with van der Waals surface area (Å²) in [5, 5.41) is 5.63. The molecule has 15 rings (SSSR count). The van der Waals surface area contributed by atoms with Crippen LogP contribution >= 0.6 is 46.4 Å². The van der Waals surface area contributed by atoms with Crippen molar-refractivity contribution < 1.29 is 87.6 Å². The summed E-state index contributed by atoms with van der Waals surface area (Å²) in [6.07, 6.45) is 8.79. The number of Topliss-reactive ketones (excluding diaryl/α,β-unsaturated/α-hetero) is 4. The van der Waals surface area contributed by atoms with Gasteiger partial charge >= 0.3 is 0 Å². The SMILES string of the molecule is COc1cc(F)c(C2CCN(C(=O)C3CC3)CC2CC(=O)Cc2ccc(Cl)cc2)c(F)c1.COc1cc(F)c(C2CCN(C(=O)C3CC3)CC2CC(=O)Cc2ccc(Cl)cc2)c(F)c1.COc1cc(F)c(C2CCN(C(=O)C3CC3)C[C@H]2CC(=O)Cc2ccc(Cl)cc2)c(F)c1.COc1cc(F)c(C2CCNC[C@H]2CC(=O)Cc2ccc(Cl)cc2)c(F)c1. The Morgan fingerprint density at radius 2 is 0.528 bits per heavy atom. The maximum atomic E-state index is 14.9. The van der Waals surface area contributed by atoms with E-state index < -0.39 is 64.3 Å². The highest BCUT2D eigenvalue weighted by Gasteiger charge is 2.45. The molecule has 4 saturated heterocycles. The molecule has 0 bridgehead atoms. The van der Waals surface area contributed by atoms with Crippen LogP contribution in [0.5, 0.6) is 23.0 Å². The molecule has 6 unspecified atom stereocenters. The number of likely N-dealkylation sites (tertiary alicyclic amines) is 3. The van der Waals surface area contributed by atoms with E-state index in [1.807, 2.05) is 12.1 Å². The molecular weight excluding hydrogens is 1680 g/mol. The first kappa shape index (κ1) is 92.8. The van der Waals surface area contributed by atoms with Gasteiger partial charge in [0.2, 0.25) is 17.7 Å². The van der Waals surface area contributed by atoms with E-state index in [2.05, 4.69) is 5.32 Å². The van der Waals surface area contributed by atoms with Gasteiger partial charge in [-0.3, -0.25) is 33.6 Å². The zero-order valence-electron chi connectivity index (χ0n) is 69.0. The van der Waals surface area contributed by atoms with Gasteiger partial charge in [-0.05, 0) is 195 Å². The minimum absolute atomic E-state index is 0.0198. The summed E-state index contributed by atoms with van der Waals surface area (Å²) >= 11 is 23.6. The lowest BCUT2D eigenvalue weighted by molar-refractivity contribution is -0.136. The molecule has 0 radical (unpaired) electrons. The van der Waals surface area contributed by atoms with Crippen LogP contribution in [0.3, 0.4) is 0 Å². The zero-order valence-corrected chi connectivity index (χ0v) is 72.0. The Balaban J connectivity index is 0.000000150. The monoisotopic (exact) mass is 1780 g/mol. The minimum Gasteiger partial charge on any atom is -0.497 e. The minimum atomic E-state index is -0.677. The average molecular weight is 1780 g/mol. The number of methoxy groups -OCH3 is 4. The van der Waals surface area contributed by atoms with Gasteiger partial charge in [0.05, 0.1) is 28.4 Å². The van der Waals surface area contributed by atoms with E-state index in [9.17, 15) is 68.7 Å². The summed E-state index contributed by atoms with van der Waals surface area (Å²) in [7, 11) is 5.44. The fraction of sp³-hybridized carbons (Fsp3) is 0.427. The number of carbonyl (C=O) groups is 7. The van der Waals surface area contributed by atoms with Crippen LogP contribution in [0.25, 0.3) is 0 Å². The molecule has 3 saturated carbocycles. The Morgan fingerprint density at radius 1 is 0.317 bits per heavy atom. The molecule has 8 atom stereocenters. The number of benzene rings is 8. The van der Waals surface area contributed by atoms with E-state index >= 15 is 0 Å². The van der Waals surface area contributed by atoms with Crippen molar-refractivity contribution in [1.82, 2.24) is 20.0 Å². The Bertz CT molecular complexity index is 4600. The third kappa shape index (κ3) is 25.2. The summed E-state index contributed by atoms with van der Waals surface area (Å²) in [6, 6.07) is 37.7. The largest absolute Gasteiger partial charge is 0.497 e. The van der Waals surface area contributed by atoms with Gasteiger partial charge in [-0.1, -0.05) is 94.9 Å². The third-order valence-electron chi connectivity index (χ3n) is 24.4. The second kappa shape index (κ2) is 43.0. The molecule has 4 heterocycles. The van der Waals surface area contributed by atoms with Gasteiger partial charge < -0.3 is 39.0 Å². The first-order valence-corrected chi connectivity index (χ1v) is 43.3. The lowest BCUT2D eigenvalue weighted by Crippen LogP contribution is -2.44. The van der Waals surface area contributed by atoms with Crippen LogP contribution < -0.4 is 24.3 Å². The smallest absolute Gasteiger partial charge is 0.225 e. The van der Waals surface area contributed by atoms with Crippen LogP contribution in [0.1, 0.15) is 158 Å². The van der Waals surface area contributed by atoms with Crippen LogP contribution in [0.2, 0.25) is 20.1 Å². The van der Waals surface area contributed by atoms with Crippen LogP contribution in [-0.2, 0) is 59.2 Å². The van der Waals surface area contributed by atoms with Gasteiger partial charge in [-0.2, -0.15) is 0 Å². The van der Waals surface area contributed by atoms with E-state index in [-0.39, 0.29) is 185 Å². The maximum Gasteiger partial charge on any atom is 0.225 e. The van der Waals surface area contributed by atoms with Crippen LogP contribution in [0, 0.1) is 88.0 Å². The van der Waals surface area contributed by atoms with Crippen molar-refractivity contribution in [3.8, 4) is 23.0 Å². The van der Waals surface area contributed by atoms with Crippen molar-refractivity contribution in [1.29, 1.82) is 0 Å². The van der Waals surface area contributed by atoms with Gasteiger partial charge in [0, 0.05) is 199 Å². The second-order valence-corrected chi connectivity index (χ2v) is 34.9. The topological polar surface area (TPSA) is 178 Å². The number of hydrogen-bond donors (Lipinski definition) is 1. The van der Waals surface area contributed by atoms with Gasteiger partial charge in [0.1, 0.15) is 92.7 Å². The number of nitrogens with one attached hydrogen (secondary N) is 1. The lowest BCUT2D eigenvalue weighted by atomic mass is 9.77. The molecular formula is C96H100Cl4F8N4O11. The predicted molar refractivity (Wildman–Crippen MR) is 455 cm³/mol. The number of nitrogens with zero attached hydrogens (tertiary/aromatic N) is 3. The van der Waals surface area contributed by atoms with Crippen molar-refractivity contribution >= 4 is 87.3 Å². The third-order valence-corrected chi connectivity index (χ3v) is 25.4. The van der Waals surface area contributed by atoms with Crippen molar-refractivity contribution in [3.63, 3.8) is 0 Å². The number of amides is 3. The molecule has 3 amide bonds. The maximum absolute atomic E-state index is 14.9. The highest BCUT2D eigenvalue weighted by Crippen LogP contribution is 2.46. The summed E-state index contributed by atoms with van der Waals surface area (Å²) in [5.74, 6) is -7.43. The zero-order chi connectivity index (χ0) is 87.9. The summed E-state index contributed by atoms with van der Waals surface area (Å²) < 4.78 is 138. The number of piperidine rings is 4. The molecule has 8 aromatic rings. The highest BCUT2D eigenvalue weighted by molar-refractivity contribution is 6.31. The Morgan fingerprint density at radius 3 is 0.740 bits per heavy atom. The van der Waals surface area contributed by atoms with Gasteiger partial charge in [0.15, 0.2) is 0 Å². The number of halogens is 12. The van der Waals surface area contributed by atoms with Gasteiger partial charge in [0.25, 0.3) is 0 Å². The number of ketones is 4. The van der Waals surface area contributed by atoms with Crippen LogP contribution in [0.15, 0.2) is 146 Å². The van der Waals surface area contributed by atoms with Crippen molar-refractivity contribution in [3.05, 3.63) is 257 Å². The predicted octanol–water partition coefficient (Wildman–Crippen LogP) is 20.0. The Labute approximate surface area is 731 Å². The number of rotatable bonds is 27. The number of hydrogen-bond acceptors (Lipinski definition) is 12. The van der Waals surface area contributed by atoms with E-state index in [1.54, 1.807) is 99.6 Å². The van der Waals surface area contributed by atoms with E-state index in [1.165, 1.54) is 77.0 Å². The standard InChI is InChI=1S/3C25H26ClF2NO3.C21H22ClF2NO2/c3*1-32-20-12-22(27)24(23(28)13-20)21-8-9-29(25(31)16-4-5-16)14-17(21)11-19(30)10-15-2-6-18(26)7-3-15;1-27-17-10-19(23)21(20(24)11-17)18-6-7-25-12-14(18)9-16(26)8-13-2-4-15(22)5-3-13/h3*2-3,6-7,12-13,16-17,21H,4-5,8-11,14H2,1H3;2-5,10-11,14,18,25H,6-9,12H2,1H3/t17-,21?;;;14-,18?/m1..1/s1. The lowest BCUT2D eigenvalue weighted by Gasteiger charge is -2.39. The van der Waals surface area contributed by atoms with E-state index in [0.717, 1.165) is 60.8 Å². The van der Waals surface area contributed by atoms with E-state index in [0.29, 0.717) is 98.1 Å². The Hall–Kier alpha value is -9.39. The molecule has 0 spiro atoms. The number of ether oxygens (including phenoxy) is 4. The molecule has 0 aromatic heterocycles. The summed E-state index contributed by atoms with van der Waals surface area (Å²) in [4.78, 5) is 94.5. The molecule has 123 heavy (non-hydrogen) atoms.